The lowest BCUT2D eigenvalue weighted by Crippen LogP contribution is -2.38. The molecule has 0 saturated heterocycles. The molecule has 0 saturated carbocycles. The second kappa shape index (κ2) is 6.45. The monoisotopic (exact) mass is 342 g/mol. The van der Waals surface area contributed by atoms with Crippen molar-refractivity contribution in [3.05, 3.63) is 22.2 Å². The smallest absolute Gasteiger partial charge is 0.239 e. The van der Waals surface area contributed by atoms with Crippen molar-refractivity contribution >= 4 is 21.8 Å². The van der Waals surface area contributed by atoms with Crippen molar-refractivity contribution in [3.63, 3.8) is 0 Å². The summed E-state index contributed by atoms with van der Waals surface area (Å²) in [6, 6.07) is 3.30. The van der Waals surface area contributed by atoms with Crippen molar-refractivity contribution in [2.45, 2.75) is 32.4 Å². The van der Waals surface area contributed by atoms with Crippen LogP contribution in [-0.4, -0.2) is 25.2 Å². The van der Waals surface area contributed by atoms with Crippen LogP contribution in [0, 0.1) is 0 Å². The van der Waals surface area contributed by atoms with Gasteiger partial charge in [0.1, 0.15) is 19.3 Å². The lowest BCUT2D eigenvalue weighted by molar-refractivity contribution is -0.120. The lowest BCUT2D eigenvalue weighted by atomic mass is 10.0. The van der Waals surface area contributed by atoms with Crippen molar-refractivity contribution in [1.82, 2.24) is 5.32 Å². The second-order valence-corrected chi connectivity index (χ2v) is 5.69. The van der Waals surface area contributed by atoms with Crippen LogP contribution in [-0.2, 0) is 4.79 Å². The van der Waals surface area contributed by atoms with Crippen molar-refractivity contribution in [2.24, 2.45) is 5.73 Å². The van der Waals surface area contributed by atoms with E-state index in [-0.39, 0.29) is 6.04 Å². The topological polar surface area (TPSA) is 73.6 Å². The van der Waals surface area contributed by atoms with E-state index in [9.17, 15) is 4.79 Å². The highest BCUT2D eigenvalue weighted by Crippen LogP contribution is 2.39. The van der Waals surface area contributed by atoms with Crippen LogP contribution in [0.3, 0.4) is 0 Å². The van der Waals surface area contributed by atoms with Crippen LogP contribution >= 0.6 is 15.9 Å². The number of benzene rings is 1. The average Bonchev–Trinajstić information content (AvgIpc) is 2.44. The number of ether oxygens (including phenoxy) is 2. The first-order valence-corrected chi connectivity index (χ1v) is 7.46. The van der Waals surface area contributed by atoms with Crippen LogP contribution in [0.4, 0.5) is 0 Å². The Morgan fingerprint density at radius 3 is 2.80 bits per heavy atom. The molecule has 6 heteroatoms. The first-order valence-electron chi connectivity index (χ1n) is 6.67. The third kappa shape index (κ3) is 3.24. The number of fused-ring (bicyclic) bond motifs is 1. The molecule has 2 atom stereocenters. The van der Waals surface area contributed by atoms with Gasteiger partial charge < -0.3 is 15.2 Å². The van der Waals surface area contributed by atoms with E-state index in [0.717, 1.165) is 16.5 Å². The van der Waals surface area contributed by atoms with E-state index < -0.39 is 11.9 Å². The number of carbonyl (C=O) groups is 1. The first kappa shape index (κ1) is 15.1. The summed E-state index contributed by atoms with van der Waals surface area (Å²) in [6.45, 7) is 5.09. The molecule has 0 aliphatic carbocycles. The molecule has 1 aliphatic rings. The number of primary amides is 1. The van der Waals surface area contributed by atoms with Crippen LogP contribution in [0.1, 0.15) is 31.9 Å². The van der Waals surface area contributed by atoms with Crippen LogP contribution in [0.2, 0.25) is 0 Å². The summed E-state index contributed by atoms with van der Waals surface area (Å²) in [6.07, 6.45) is 0.912. The normalized spacial score (nSPS) is 16.6. The van der Waals surface area contributed by atoms with Gasteiger partial charge in [-0.2, -0.15) is 0 Å². The van der Waals surface area contributed by atoms with Crippen LogP contribution < -0.4 is 20.5 Å². The maximum atomic E-state index is 11.7. The van der Waals surface area contributed by atoms with Crippen molar-refractivity contribution in [2.75, 3.05) is 13.2 Å². The number of halogens is 1. The molecule has 1 heterocycles. The predicted molar refractivity (Wildman–Crippen MR) is 80.0 cm³/mol. The number of nitrogens with one attached hydrogen (secondary N) is 1. The fourth-order valence-corrected chi connectivity index (χ4v) is 2.62. The third-order valence-electron chi connectivity index (χ3n) is 3.30. The zero-order chi connectivity index (χ0) is 14.7. The van der Waals surface area contributed by atoms with Crippen LogP contribution in [0.15, 0.2) is 16.6 Å². The molecule has 1 aromatic carbocycles. The number of hydrogen-bond acceptors (Lipinski definition) is 4. The fourth-order valence-electron chi connectivity index (χ4n) is 2.04. The maximum absolute atomic E-state index is 11.7. The minimum atomic E-state index is -0.544. The number of hydrogen-bond donors (Lipinski definition) is 2. The van der Waals surface area contributed by atoms with Crippen molar-refractivity contribution in [1.29, 1.82) is 0 Å². The Morgan fingerprint density at radius 1 is 1.45 bits per heavy atom. The molecule has 20 heavy (non-hydrogen) atoms. The molecule has 1 aromatic rings. The number of rotatable bonds is 5. The minimum Gasteiger partial charge on any atom is -0.486 e. The van der Waals surface area contributed by atoms with Gasteiger partial charge in [0.25, 0.3) is 0 Å². The maximum Gasteiger partial charge on any atom is 0.239 e. The number of carbonyl (C=O) groups excluding carboxylic acids is 1. The zero-order valence-corrected chi connectivity index (χ0v) is 13.2. The molecule has 1 aliphatic heterocycles. The van der Waals surface area contributed by atoms with Crippen molar-refractivity contribution in [3.8, 4) is 11.5 Å². The van der Waals surface area contributed by atoms with Gasteiger partial charge in [-0.05, 0) is 47.0 Å². The third-order valence-corrected chi connectivity index (χ3v) is 3.89. The summed E-state index contributed by atoms with van der Waals surface area (Å²) in [5.74, 6) is 0.901. The summed E-state index contributed by atoms with van der Waals surface area (Å²) >= 11 is 3.45. The fraction of sp³-hybridized carbons (Fsp3) is 0.500. The Bertz CT molecular complexity index is 507. The van der Waals surface area contributed by atoms with E-state index in [0.29, 0.717) is 24.7 Å². The van der Waals surface area contributed by atoms with Gasteiger partial charge >= 0.3 is 0 Å². The Morgan fingerprint density at radius 2 is 2.15 bits per heavy atom. The van der Waals surface area contributed by atoms with Gasteiger partial charge in [-0.15, -0.1) is 0 Å². The van der Waals surface area contributed by atoms with E-state index >= 15 is 0 Å². The van der Waals surface area contributed by atoms with Gasteiger partial charge in [0.15, 0.2) is 11.5 Å². The Kier molecular flexibility index (Phi) is 4.88. The molecule has 5 nitrogen and oxygen atoms in total. The molecule has 0 aromatic heterocycles. The highest BCUT2D eigenvalue weighted by Gasteiger charge is 2.24. The van der Waals surface area contributed by atoms with E-state index in [1.807, 2.05) is 19.1 Å². The summed E-state index contributed by atoms with van der Waals surface area (Å²) in [5.41, 5.74) is 6.28. The van der Waals surface area contributed by atoms with Gasteiger partial charge in [0.2, 0.25) is 5.91 Å². The molecular weight excluding hydrogens is 324 g/mol. The molecule has 2 rings (SSSR count). The van der Waals surface area contributed by atoms with E-state index in [1.54, 1.807) is 0 Å². The summed E-state index contributed by atoms with van der Waals surface area (Å²) in [7, 11) is 0. The Balaban J connectivity index is 2.33. The molecule has 0 bridgehead atoms. The first-order chi connectivity index (χ1) is 9.52. The molecule has 0 radical (unpaired) electrons. The largest absolute Gasteiger partial charge is 0.486 e. The molecule has 1 amide bonds. The second-order valence-electron chi connectivity index (χ2n) is 4.84. The molecule has 3 N–H and O–H groups in total. The molecule has 2 unspecified atom stereocenters. The van der Waals surface area contributed by atoms with Gasteiger partial charge in [0.05, 0.1) is 4.47 Å². The summed E-state index contributed by atoms with van der Waals surface area (Å²) < 4.78 is 11.9. The SMILES string of the molecule is CCC(C)NC(C(N)=O)c1cc(Br)c2c(c1)OCCO2. The summed E-state index contributed by atoms with van der Waals surface area (Å²) in [4.78, 5) is 11.7. The van der Waals surface area contributed by atoms with Crippen LogP contribution in [0.5, 0.6) is 11.5 Å². The standard InChI is InChI=1S/C14H19BrN2O3/c1-3-8(2)17-12(14(16)18)9-6-10(15)13-11(7-9)19-4-5-20-13/h6-8,12,17H,3-5H2,1-2H3,(H2,16,18). The molecule has 110 valence electrons. The number of amides is 1. The van der Waals surface area contributed by atoms with Gasteiger partial charge in [-0.25, -0.2) is 0 Å². The molecule has 0 fully saturated rings. The number of nitrogens with two attached hydrogens (primary N) is 1. The molecular formula is C14H19BrN2O3. The van der Waals surface area contributed by atoms with Crippen LogP contribution in [0.25, 0.3) is 0 Å². The van der Waals surface area contributed by atoms with Gasteiger partial charge in [-0.3, -0.25) is 10.1 Å². The summed E-state index contributed by atoms with van der Waals surface area (Å²) in [5, 5.41) is 3.22. The van der Waals surface area contributed by atoms with E-state index in [1.165, 1.54) is 0 Å². The Labute approximate surface area is 126 Å². The van der Waals surface area contributed by atoms with Gasteiger partial charge in [-0.1, -0.05) is 6.92 Å². The quantitative estimate of drug-likeness (QED) is 0.859. The lowest BCUT2D eigenvalue weighted by Gasteiger charge is -2.24. The Hall–Kier alpha value is -1.27. The zero-order valence-electron chi connectivity index (χ0n) is 11.6. The predicted octanol–water partition coefficient (Wildman–Crippen LogP) is 2.13. The minimum absolute atomic E-state index is 0.194. The van der Waals surface area contributed by atoms with E-state index in [2.05, 4.69) is 28.2 Å². The van der Waals surface area contributed by atoms with Crippen molar-refractivity contribution < 1.29 is 14.3 Å². The molecule has 0 spiro atoms. The van der Waals surface area contributed by atoms with E-state index in [4.69, 9.17) is 15.2 Å². The highest BCUT2D eigenvalue weighted by molar-refractivity contribution is 9.10. The average molecular weight is 343 g/mol. The highest BCUT2D eigenvalue weighted by atomic mass is 79.9. The van der Waals surface area contributed by atoms with Gasteiger partial charge in [0, 0.05) is 6.04 Å².